The summed E-state index contributed by atoms with van der Waals surface area (Å²) in [6.45, 7) is 0.565. The predicted octanol–water partition coefficient (Wildman–Crippen LogP) is 1.90. The van der Waals surface area contributed by atoms with Crippen LogP contribution in [-0.4, -0.2) is 17.1 Å². The first-order chi connectivity index (χ1) is 8.35. The molecule has 0 aliphatic rings. The molecular formula is C12H12N4O. The monoisotopic (exact) mass is 228 g/mol. The average molecular weight is 228 g/mol. The quantitative estimate of drug-likeness (QED) is 0.838. The maximum atomic E-state index is 9.03. The van der Waals surface area contributed by atoms with E-state index in [1.807, 2.05) is 6.07 Å². The van der Waals surface area contributed by atoms with Gasteiger partial charge in [0.05, 0.1) is 36.9 Å². The zero-order chi connectivity index (χ0) is 12.1. The number of methoxy groups -OCH3 is 1. The van der Waals surface area contributed by atoms with Crippen LogP contribution in [0.2, 0.25) is 0 Å². The van der Waals surface area contributed by atoms with Crippen LogP contribution >= 0.6 is 0 Å². The molecule has 0 aliphatic heterocycles. The molecule has 86 valence electrons. The van der Waals surface area contributed by atoms with Crippen LogP contribution in [0.15, 0.2) is 30.7 Å². The van der Waals surface area contributed by atoms with Crippen LogP contribution in [0, 0.1) is 11.3 Å². The van der Waals surface area contributed by atoms with Gasteiger partial charge in [-0.3, -0.25) is 0 Å². The number of aromatic amines is 1. The highest BCUT2D eigenvalue weighted by Crippen LogP contribution is 2.27. The second kappa shape index (κ2) is 5.03. The third-order valence-electron chi connectivity index (χ3n) is 2.38. The van der Waals surface area contributed by atoms with Crippen LogP contribution in [0.4, 0.5) is 5.69 Å². The molecule has 0 aliphatic carbocycles. The summed E-state index contributed by atoms with van der Waals surface area (Å²) in [7, 11) is 1.58. The number of H-pyrrole nitrogens is 1. The van der Waals surface area contributed by atoms with Gasteiger partial charge in [0, 0.05) is 6.20 Å². The molecule has 0 spiro atoms. The van der Waals surface area contributed by atoms with E-state index in [1.54, 1.807) is 31.8 Å². The maximum Gasteiger partial charge on any atom is 0.143 e. The molecule has 1 aromatic carbocycles. The molecule has 2 N–H and O–H groups in total. The van der Waals surface area contributed by atoms with E-state index in [1.165, 1.54) is 0 Å². The molecule has 17 heavy (non-hydrogen) atoms. The van der Waals surface area contributed by atoms with Crippen LogP contribution < -0.4 is 10.1 Å². The number of benzene rings is 1. The van der Waals surface area contributed by atoms with Crippen molar-refractivity contribution in [2.75, 3.05) is 12.4 Å². The number of aromatic nitrogens is 2. The van der Waals surface area contributed by atoms with Crippen molar-refractivity contribution in [3.05, 3.63) is 42.0 Å². The minimum absolute atomic E-state index is 0.559. The minimum atomic E-state index is 0.559. The Hall–Kier alpha value is -2.48. The summed E-state index contributed by atoms with van der Waals surface area (Å²) < 4.78 is 5.22. The molecule has 0 atom stereocenters. The number of anilines is 1. The van der Waals surface area contributed by atoms with E-state index in [2.05, 4.69) is 21.4 Å². The van der Waals surface area contributed by atoms with E-state index in [9.17, 15) is 0 Å². The van der Waals surface area contributed by atoms with E-state index in [0.717, 1.165) is 5.69 Å². The van der Waals surface area contributed by atoms with E-state index < -0.39 is 0 Å². The van der Waals surface area contributed by atoms with Gasteiger partial charge in [-0.1, -0.05) is 6.07 Å². The second-order valence-corrected chi connectivity index (χ2v) is 3.43. The number of para-hydroxylation sites is 1. The molecule has 2 aromatic rings. The molecule has 0 radical (unpaired) electrons. The highest BCUT2D eigenvalue weighted by molar-refractivity contribution is 5.66. The van der Waals surface area contributed by atoms with Crippen LogP contribution in [-0.2, 0) is 6.54 Å². The first-order valence-electron chi connectivity index (χ1n) is 5.13. The molecule has 5 nitrogen and oxygen atoms in total. The van der Waals surface area contributed by atoms with Crippen LogP contribution in [0.1, 0.15) is 11.3 Å². The van der Waals surface area contributed by atoms with Crippen LogP contribution in [0.3, 0.4) is 0 Å². The number of nitriles is 1. The van der Waals surface area contributed by atoms with Gasteiger partial charge in [0.15, 0.2) is 0 Å². The van der Waals surface area contributed by atoms with Gasteiger partial charge in [0.25, 0.3) is 0 Å². The minimum Gasteiger partial charge on any atom is -0.495 e. The first-order valence-corrected chi connectivity index (χ1v) is 5.13. The maximum absolute atomic E-state index is 9.03. The zero-order valence-electron chi connectivity index (χ0n) is 9.40. The van der Waals surface area contributed by atoms with E-state index in [-0.39, 0.29) is 0 Å². The molecule has 0 saturated carbocycles. The predicted molar refractivity (Wildman–Crippen MR) is 63.6 cm³/mol. The highest BCUT2D eigenvalue weighted by Gasteiger charge is 2.08. The Morgan fingerprint density at radius 1 is 1.53 bits per heavy atom. The van der Waals surface area contributed by atoms with E-state index in [4.69, 9.17) is 10.00 Å². The van der Waals surface area contributed by atoms with Gasteiger partial charge >= 0.3 is 0 Å². The molecule has 1 heterocycles. The van der Waals surface area contributed by atoms with Crippen molar-refractivity contribution < 1.29 is 4.74 Å². The Morgan fingerprint density at radius 2 is 2.41 bits per heavy atom. The van der Waals surface area contributed by atoms with E-state index >= 15 is 0 Å². The average Bonchev–Trinajstić information content (AvgIpc) is 2.88. The molecule has 1 aromatic heterocycles. The second-order valence-electron chi connectivity index (χ2n) is 3.43. The van der Waals surface area contributed by atoms with Gasteiger partial charge < -0.3 is 15.0 Å². The number of rotatable bonds is 4. The lowest BCUT2D eigenvalue weighted by Crippen LogP contribution is -2.03. The summed E-state index contributed by atoms with van der Waals surface area (Å²) in [6.07, 6.45) is 3.35. The smallest absolute Gasteiger partial charge is 0.143 e. The summed E-state index contributed by atoms with van der Waals surface area (Å²) in [5, 5.41) is 12.2. The Morgan fingerprint density at radius 3 is 3.06 bits per heavy atom. The number of imidazole rings is 1. The molecule has 2 rings (SSSR count). The van der Waals surface area contributed by atoms with Crippen molar-refractivity contribution in [3.8, 4) is 11.8 Å². The van der Waals surface area contributed by atoms with Crippen molar-refractivity contribution >= 4 is 5.69 Å². The molecule has 0 unspecified atom stereocenters. The van der Waals surface area contributed by atoms with Crippen molar-refractivity contribution in [1.82, 2.24) is 9.97 Å². The van der Waals surface area contributed by atoms with Gasteiger partial charge in [0.2, 0.25) is 0 Å². The summed E-state index contributed by atoms with van der Waals surface area (Å²) in [6, 6.07) is 7.49. The third-order valence-corrected chi connectivity index (χ3v) is 2.38. The Balaban J connectivity index is 2.22. The Kier molecular flexibility index (Phi) is 3.26. The number of nitrogens with one attached hydrogen (secondary N) is 2. The lowest BCUT2D eigenvalue weighted by atomic mass is 10.1. The lowest BCUT2D eigenvalue weighted by Gasteiger charge is -2.11. The molecule has 0 saturated heterocycles. The fourth-order valence-electron chi connectivity index (χ4n) is 1.54. The van der Waals surface area contributed by atoms with Gasteiger partial charge in [-0.25, -0.2) is 4.98 Å². The number of hydrogen-bond acceptors (Lipinski definition) is 4. The van der Waals surface area contributed by atoms with Crippen LogP contribution in [0.25, 0.3) is 0 Å². The van der Waals surface area contributed by atoms with E-state index in [0.29, 0.717) is 23.5 Å². The zero-order valence-corrected chi connectivity index (χ0v) is 9.40. The molecule has 0 amide bonds. The molecule has 0 bridgehead atoms. The normalized spacial score (nSPS) is 9.65. The Labute approximate surface area is 99.1 Å². The highest BCUT2D eigenvalue weighted by atomic mass is 16.5. The van der Waals surface area contributed by atoms with Crippen molar-refractivity contribution in [2.45, 2.75) is 6.54 Å². The number of nitrogens with zero attached hydrogens (tertiary/aromatic N) is 2. The Bertz CT molecular complexity index is 528. The summed E-state index contributed by atoms with van der Waals surface area (Å²) in [5.41, 5.74) is 2.20. The first kappa shape index (κ1) is 11.0. The topological polar surface area (TPSA) is 73.7 Å². The van der Waals surface area contributed by atoms with Gasteiger partial charge in [-0.05, 0) is 12.1 Å². The standard InChI is InChI=1S/C12H12N4O/c1-17-11-4-2-3-9(5-13)12(11)15-7-10-6-14-8-16-10/h2-4,6,8,15H,7H2,1H3,(H,14,16). The lowest BCUT2D eigenvalue weighted by molar-refractivity contribution is 0.416. The molecular weight excluding hydrogens is 216 g/mol. The van der Waals surface area contributed by atoms with Crippen molar-refractivity contribution in [2.24, 2.45) is 0 Å². The fraction of sp³-hybridized carbons (Fsp3) is 0.167. The number of ether oxygens (including phenoxy) is 1. The van der Waals surface area contributed by atoms with Crippen LogP contribution in [0.5, 0.6) is 5.75 Å². The molecule has 0 fully saturated rings. The van der Waals surface area contributed by atoms with Crippen molar-refractivity contribution in [1.29, 1.82) is 5.26 Å². The molecule has 5 heteroatoms. The van der Waals surface area contributed by atoms with Gasteiger partial charge in [0.1, 0.15) is 11.8 Å². The SMILES string of the molecule is COc1cccc(C#N)c1NCc1cnc[nH]1. The summed E-state index contributed by atoms with van der Waals surface area (Å²) >= 11 is 0. The fourth-order valence-corrected chi connectivity index (χ4v) is 1.54. The van der Waals surface area contributed by atoms with Gasteiger partial charge in [-0.15, -0.1) is 0 Å². The van der Waals surface area contributed by atoms with Crippen molar-refractivity contribution in [3.63, 3.8) is 0 Å². The summed E-state index contributed by atoms with van der Waals surface area (Å²) in [5.74, 6) is 0.656. The summed E-state index contributed by atoms with van der Waals surface area (Å²) in [4.78, 5) is 6.91. The van der Waals surface area contributed by atoms with Gasteiger partial charge in [-0.2, -0.15) is 5.26 Å². The number of hydrogen-bond donors (Lipinski definition) is 2. The third kappa shape index (κ3) is 2.37. The largest absolute Gasteiger partial charge is 0.495 e.